The van der Waals surface area contributed by atoms with Crippen molar-refractivity contribution in [3.05, 3.63) is 0 Å². The molecule has 0 aliphatic heterocycles. The molecule has 0 aromatic rings. The Hall–Kier alpha value is 0.690. The molecule has 4 N–H and O–H groups in total. The lowest BCUT2D eigenvalue weighted by atomic mass is 9.82. The molecule has 6 heteroatoms. The van der Waals surface area contributed by atoms with Gasteiger partial charge in [0.25, 0.3) is 0 Å². The fourth-order valence-corrected chi connectivity index (χ4v) is 5.81. The molecule has 88 valence electrons. The summed E-state index contributed by atoms with van der Waals surface area (Å²) in [6.45, 7) is 3.01. The molecule has 2 amide bonds. The van der Waals surface area contributed by atoms with Gasteiger partial charge in [-0.25, -0.2) is 10.6 Å². The summed E-state index contributed by atoms with van der Waals surface area (Å²) in [7, 11) is 0. The molecule has 0 heterocycles. The van der Waals surface area contributed by atoms with Crippen molar-refractivity contribution in [3.8, 4) is 0 Å². The Morgan fingerprint density at radius 3 is 2.80 bits per heavy atom. The van der Waals surface area contributed by atoms with Crippen molar-refractivity contribution in [1.82, 2.24) is 10.7 Å². The number of rotatable bonds is 2. The van der Waals surface area contributed by atoms with Crippen LogP contribution in [0.15, 0.2) is 0 Å². The number of carbonyl (C=O) groups excluding carboxylic acids is 1. The van der Waals surface area contributed by atoms with E-state index in [2.05, 4.69) is 62.8 Å². The number of hydrogen-bond donors (Lipinski definition) is 3. The average molecular weight is 437 g/mol. The van der Waals surface area contributed by atoms with Gasteiger partial charge in [0.05, 0.1) is 0 Å². The Kier molecular flexibility index (Phi) is 5.37. The van der Waals surface area contributed by atoms with Crippen molar-refractivity contribution in [2.24, 2.45) is 11.8 Å². The Bertz CT molecular complexity index is 235. The third kappa shape index (κ3) is 5.03. The maximum Gasteiger partial charge on any atom is 0.328 e. The van der Waals surface area contributed by atoms with E-state index in [1.165, 1.54) is 12.8 Å². The van der Waals surface area contributed by atoms with Crippen LogP contribution in [0.2, 0.25) is 0 Å². The third-order valence-electron chi connectivity index (χ3n) is 2.63. The minimum atomic E-state index is -0.291. The molecule has 1 aliphatic carbocycles. The van der Waals surface area contributed by atoms with Crippen LogP contribution in [0.25, 0.3) is 0 Å². The molecule has 1 aliphatic rings. The van der Waals surface area contributed by atoms with E-state index in [-0.39, 0.29) is 6.03 Å². The van der Waals surface area contributed by atoms with Gasteiger partial charge in [-0.2, -0.15) is 0 Å². The summed E-state index contributed by atoms with van der Waals surface area (Å²) in [5.41, 5.74) is 2.08. The lowest BCUT2D eigenvalue weighted by Gasteiger charge is -2.36. The highest BCUT2D eigenvalue weighted by Crippen LogP contribution is 2.41. The van der Waals surface area contributed by atoms with E-state index in [4.69, 9.17) is 5.84 Å². The van der Waals surface area contributed by atoms with E-state index in [9.17, 15) is 4.79 Å². The number of hydrogen-bond acceptors (Lipinski definition) is 2. The van der Waals surface area contributed by atoms with Crippen LogP contribution < -0.4 is 16.6 Å². The van der Waals surface area contributed by atoms with E-state index in [1.807, 2.05) is 0 Å². The van der Waals surface area contributed by atoms with Gasteiger partial charge in [0, 0.05) is 13.9 Å². The smallest absolute Gasteiger partial charge is 0.328 e. The summed E-state index contributed by atoms with van der Waals surface area (Å²) < 4.78 is 1.08. The fourth-order valence-electron chi connectivity index (χ4n) is 2.12. The molecule has 0 radical (unpaired) electrons. The number of nitrogens with one attached hydrogen (secondary N) is 2. The molecule has 0 aromatic heterocycles. The van der Waals surface area contributed by atoms with Crippen LogP contribution in [0.4, 0.5) is 4.79 Å². The lowest BCUT2D eigenvalue weighted by molar-refractivity contribution is 0.235. The first-order valence-corrected chi connectivity index (χ1v) is 7.33. The highest BCUT2D eigenvalue weighted by atomic mass is 127. The summed E-state index contributed by atoms with van der Waals surface area (Å²) >= 11 is 5.04. The molecule has 0 spiro atoms. The zero-order valence-corrected chi connectivity index (χ0v) is 13.0. The summed E-state index contributed by atoms with van der Waals surface area (Å²) in [5, 5.41) is 2.78. The minimum Gasteiger partial charge on any atom is -0.337 e. The van der Waals surface area contributed by atoms with E-state index >= 15 is 0 Å². The number of halogens is 2. The molecule has 1 saturated carbocycles. The number of urea groups is 1. The normalized spacial score (nSPS) is 36.0. The molecule has 0 aromatic carbocycles. The van der Waals surface area contributed by atoms with Crippen molar-refractivity contribution in [2.75, 3.05) is 6.54 Å². The highest BCUT2D eigenvalue weighted by Gasteiger charge is 2.34. The number of amides is 2. The molecular formula is C9H17I2N3O. The monoisotopic (exact) mass is 437 g/mol. The first-order valence-electron chi connectivity index (χ1n) is 5.00. The highest BCUT2D eigenvalue weighted by molar-refractivity contribution is 14.1. The van der Waals surface area contributed by atoms with Crippen LogP contribution >= 0.6 is 45.2 Å². The first kappa shape index (κ1) is 13.8. The third-order valence-corrected chi connectivity index (χ3v) is 4.46. The molecule has 0 saturated heterocycles. The number of carbonyl (C=O) groups is 1. The molecule has 3 unspecified atom stereocenters. The van der Waals surface area contributed by atoms with Crippen molar-refractivity contribution >= 4 is 51.2 Å². The summed E-state index contributed by atoms with van der Waals surface area (Å²) in [6.07, 6.45) is 3.61. The van der Waals surface area contributed by atoms with Crippen LogP contribution in [0.3, 0.4) is 0 Å². The second kappa shape index (κ2) is 5.85. The fraction of sp³-hybridized carbons (Fsp3) is 0.889. The maximum absolute atomic E-state index is 10.9. The quantitative estimate of drug-likeness (QED) is 0.204. The molecule has 15 heavy (non-hydrogen) atoms. The predicted octanol–water partition coefficient (Wildman–Crippen LogP) is 1.96. The molecule has 0 bridgehead atoms. The van der Waals surface area contributed by atoms with Gasteiger partial charge >= 0.3 is 6.03 Å². The van der Waals surface area contributed by atoms with Crippen LogP contribution in [0.5, 0.6) is 0 Å². The molecular weight excluding hydrogens is 420 g/mol. The van der Waals surface area contributed by atoms with Gasteiger partial charge in [-0.1, -0.05) is 52.1 Å². The van der Waals surface area contributed by atoms with E-state index in [1.54, 1.807) is 0 Å². The van der Waals surface area contributed by atoms with Crippen LogP contribution in [0.1, 0.15) is 26.2 Å². The Morgan fingerprint density at radius 1 is 1.60 bits per heavy atom. The Labute approximate surface area is 118 Å². The zero-order chi connectivity index (χ0) is 11.5. The SMILES string of the molecule is CC1(I)CC(I)CC(CNC(=O)NN)C1. The Balaban J connectivity index is 2.38. The predicted molar refractivity (Wildman–Crippen MR) is 78.3 cm³/mol. The summed E-state index contributed by atoms with van der Waals surface area (Å²) in [5.74, 6) is 5.57. The minimum absolute atomic E-state index is 0.291. The molecule has 1 rings (SSSR count). The van der Waals surface area contributed by atoms with Crippen molar-refractivity contribution in [2.45, 2.75) is 33.5 Å². The topological polar surface area (TPSA) is 67.2 Å². The summed E-state index contributed by atoms with van der Waals surface area (Å²) in [6, 6.07) is -0.291. The maximum atomic E-state index is 10.9. The Morgan fingerprint density at radius 2 is 2.27 bits per heavy atom. The molecule has 3 atom stereocenters. The van der Waals surface area contributed by atoms with Crippen LogP contribution in [-0.4, -0.2) is 19.9 Å². The largest absolute Gasteiger partial charge is 0.337 e. The lowest BCUT2D eigenvalue weighted by Crippen LogP contribution is -2.44. The zero-order valence-electron chi connectivity index (χ0n) is 8.72. The van der Waals surface area contributed by atoms with Crippen LogP contribution in [-0.2, 0) is 0 Å². The second-order valence-electron chi connectivity index (χ2n) is 4.37. The first-order chi connectivity index (χ1) is 6.93. The van der Waals surface area contributed by atoms with Crippen LogP contribution in [0, 0.1) is 5.92 Å². The van der Waals surface area contributed by atoms with Gasteiger partial charge in [0.2, 0.25) is 0 Å². The van der Waals surface area contributed by atoms with E-state index in [0.29, 0.717) is 13.3 Å². The van der Waals surface area contributed by atoms with E-state index < -0.39 is 0 Å². The number of hydrazine groups is 1. The summed E-state index contributed by atoms with van der Waals surface area (Å²) in [4.78, 5) is 10.9. The van der Waals surface area contributed by atoms with Crippen molar-refractivity contribution < 1.29 is 4.79 Å². The molecule has 4 nitrogen and oxygen atoms in total. The molecule has 1 fully saturated rings. The number of nitrogens with two attached hydrogens (primary N) is 1. The van der Waals surface area contributed by atoms with Gasteiger partial charge < -0.3 is 5.32 Å². The van der Waals surface area contributed by atoms with Gasteiger partial charge in [-0.15, -0.1) is 0 Å². The second-order valence-corrected chi connectivity index (χ2v) is 8.74. The van der Waals surface area contributed by atoms with Gasteiger partial charge in [0.1, 0.15) is 0 Å². The average Bonchev–Trinajstić information content (AvgIpc) is 2.11. The van der Waals surface area contributed by atoms with Crippen molar-refractivity contribution in [3.63, 3.8) is 0 Å². The van der Waals surface area contributed by atoms with Gasteiger partial charge in [0.15, 0.2) is 0 Å². The van der Waals surface area contributed by atoms with Crippen molar-refractivity contribution in [1.29, 1.82) is 0 Å². The van der Waals surface area contributed by atoms with E-state index in [0.717, 1.165) is 13.0 Å². The number of alkyl halides is 2. The van der Waals surface area contributed by atoms with Gasteiger partial charge in [-0.3, -0.25) is 5.43 Å². The standard InChI is InChI=1S/C9H17I2N3O/c1-9(11)3-6(2-7(10)4-9)5-13-8(15)14-12/h6-7H,2-5,12H2,1H3,(H2,13,14,15). The van der Waals surface area contributed by atoms with Gasteiger partial charge in [-0.05, 0) is 25.2 Å².